The third-order valence-electron chi connectivity index (χ3n) is 2.91. The Morgan fingerprint density at radius 2 is 2.24 bits per heavy atom. The summed E-state index contributed by atoms with van der Waals surface area (Å²) in [6, 6.07) is -0.188. The molecule has 0 aliphatic rings. The van der Waals surface area contributed by atoms with Crippen LogP contribution in [0.5, 0.6) is 0 Å². The van der Waals surface area contributed by atoms with Crippen molar-refractivity contribution in [2.75, 3.05) is 0 Å². The van der Waals surface area contributed by atoms with E-state index in [9.17, 15) is 4.79 Å². The van der Waals surface area contributed by atoms with Gasteiger partial charge in [0.05, 0.1) is 12.2 Å². The Labute approximate surface area is 102 Å². The number of aromatic nitrogens is 2. The molecule has 2 unspecified atom stereocenters. The number of hydrogen-bond acceptors (Lipinski definition) is 3. The van der Waals surface area contributed by atoms with E-state index in [0.717, 1.165) is 5.56 Å². The second-order valence-corrected chi connectivity index (χ2v) is 5.50. The lowest BCUT2D eigenvalue weighted by Gasteiger charge is -2.27. The Kier molecular flexibility index (Phi) is 4.28. The predicted octanol–water partition coefficient (Wildman–Crippen LogP) is 1.35. The molecular weight excluding hydrogens is 216 g/mol. The number of hydrogen-bond donors (Lipinski definition) is 3. The summed E-state index contributed by atoms with van der Waals surface area (Å²) in [6.45, 7) is 8.02. The van der Waals surface area contributed by atoms with Gasteiger partial charge in [-0.05, 0) is 12.3 Å². The number of amides is 1. The van der Waals surface area contributed by atoms with Crippen molar-refractivity contribution < 1.29 is 4.79 Å². The molecule has 4 N–H and O–H groups in total. The summed E-state index contributed by atoms with van der Waals surface area (Å²) >= 11 is 0. The molecule has 5 nitrogen and oxygen atoms in total. The van der Waals surface area contributed by atoms with Gasteiger partial charge in [0.15, 0.2) is 0 Å². The lowest BCUT2D eigenvalue weighted by molar-refractivity contribution is -0.122. The number of nitrogens with two attached hydrogens (primary N) is 1. The number of carbonyl (C=O) groups is 1. The molecule has 1 rings (SSSR count). The smallest absolute Gasteiger partial charge is 0.222 e. The lowest BCUT2D eigenvalue weighted by atomic mass is 9.85. The van der Waals surface area contributed by atoms with Gasteiger partial charge in [-0.1, -0.05) is 20.8 Å². The highest BCUT2D eigenvalue weighted by molar-refractivity contribution is 5.77. The normalized spacial score (nSPS) is 15.4. The highest BCUT2D eigenvalue weighted by Gasteiger charge is 2.23. The van der Waals surface area contributed by atoms with Gasteiger partial charge in [-0.15, -0.1) is 0 Å². The molecule has 2 atom stereocenters. The summed E-state index contributed by atoms with van der Waals surface area (Å²) in [5, 5.41) is 9.48. The molecular formula is C12H22N4O. The lowest BCUT2D eigenvalue weighted by Crippen LogP contribution is -2.40. The number of rotatable bonds is 4. The molecule has 1 heterocycles. The number of nitrogens with one attached hydrogen (secondary N) is 2. The maximum atomic E-state index is 11.8. The SMILES string of the molecule is CC(NC(=O)CC(N)C(C)(C)C)c1cn[nH]c1. The zero-order chi connectivity index (χ0) is 13.1. The van der Waals surface area contributed by atoms with Gasteiger partial charge >= 0.3 is 0 Å². The summed E-state index contributed by atoms with van der Waals surface area (Å²) in [7, 11) is 0. The number of aromatic amines is 1. The van der Waals surface area contributed by atoms with Crippen LogP contribution in [0.25, 0.3) is 0 Å². The van der Waals surface area contributed by atoms with Crippen molar-refractivity contribution in [3.05, 3.63) is 18.0 Å². The molecule has 0 aromatic carbocycles. The van der Waals surface area contributed by atoms with Crippen LogP contribution in [0, 0.1) is 5.41 Å². The largest absolute Gasteiger partial charge is 0.349 e. The Bertz CT molecular complexity index is 353. The van der Waals surface area contributed by atoms with Crippen molar-refractivity contribution in [3.63, 3.8) is 0 Å². The summed E-state index contributed by atoms with van der Waals surface area (Å²) in [5.74, 6) is -0.0267. The summed E-state index contributed by atoms with van der Waals surface area (Å²) < 4.78 is 0. The quantitative estimate of drug-likeness (QED) is 0.740. The predicted molar refractivity (Wildman–Crippen MR) is 67.2 cm³/mol. The van der Waals surface area contributed by atoms with E-state index in [4.69, 9.17) is 5.73 Å². The minimum atomic E-state index is -0.140. The van der Waals surface area contributed by atoms with Crippen molar-refractivity contribution in [2.24, 2.45) is 11.1 Å². The first kappa shape index (κ1) is 13.7. The highest BCUT2D eigenvalue weighted by atomic mass is 16.1. The average molecular weight is 238 g/mol. The minimum Gasteiger partial charge on any atom is -0.349 e. The molecule has 0 spiro atoms. The zero-order valence-electron chi connectivity index (χ0n) is 10.9. The van der Waals surface area contributed by atoms with E-state index < -0.39 is 0 Å². The third-order valence-corrected chi connectivity index (χ3v) is 2.91. The van der Waals surface area contributed by atoms with E-state index in [0.29, 0.717) is 6.42 Å². The van der Waals surface area contributed by atoms with E-state index >= 15 is 0 Å². The van der Waals surface area contributed by atoms with Crippen LogP contribution in [0.3, 0.4) is 0 Å². The van der Waals surface area contributed by atoms with E-state index in [1.54, 1.807) is 12.4 Å². The van der Waals surface area contributed by atoms with Crippen LogP contribution >= 0.6 is 0 Å². The number of H-pyrrole nitrogens is 1. The molecule has 5 heteroatoms. The van der Waals surface area contributed by atoms with Crippen LogP contribution < -0.4 is 11.1 Å². The molecule has 0 aliphatic carbocycles. The fraction of sp³-hybridized carbons (Fsp3) is 0.667. The Hall–Kier alpha value is -1.36. The molecule has 0 bridgehead atoms. The molecule has 0 radical (unpaired) electrons. The van der Waals surface area contributed by atoms with Crippen LogP contribution in [0.2, 0.25) is 0 Å². The van der Waals surface area contributed by atoms with E-state index in [1.165, 1.54) is 0 Å². The van der Waals surface area contributed by atoms with Crippen molar-refractivity contribution in [1.29, 1.82) is 0 Å². The van der Waals surface area contributed by atoms with Gasteiger partial charge in [-0.3, -0.25) is 9.89 Å². The molecule has 17 heavy (non-hydrogen) atoms. The van der Waals surface area contributed by atoms with Gasteiger partial charge in [0.25, 0.3) is 0 Å². The monoisotopic (exact) mass is 238 g/mol. The van der Waals surface area contributed by atoms with Crippen LogP contribution in [-0.2, 0) is 4.79 Å². The van der Waals surface area contributed by atoms with Crippen LogP contribution in [0.4, 0.5) is 0 Å². The topological polar surface area (TPSA) is 83.8 Å². The number of carbonyl (C=O) groups excluding carboxylic acids is 1. The fourth-order valence-corrected chi connectivity index (χ4v) is 1.39. The van der Waals surface area contributed by atoms with Crippen LogP contribution in [0.1, 0.15) is 45.7 Å². The fourth-order valence-electron chi connectivity index (χ4n) is 1.39. The van der Waals surface area contributed by atoms with Gasteiger partial charge < -0.3 is 11.1 Å². The first-order chi connectivity index (χ1) is 7.80. The molecule has 0 aliphatic heterocycles. The molecule has 0 saturated carbocycles. The summed E-state index contributed by atoms with van der Waals surface area (Å²) in [4.78, 5) is 11.8. The molecule has 0 fully saturated rings. The zero-order valence-corrected chi connectivity index (χ0v) is 10.9. The van der Waals surface area contributed by atoms with Gasteiger partial charge in [-0.2, -0.15) is 5.10 Å². The number of nitrogens with zero attached hydrogens (tertiary/aromatic N) is 1. The molecule has 0 saturated heterocycles. The van der Waals surface area contributed by atoms with Crippen LogP contribution in [0.15, 0.2) is 12.4 Å². The van der Waals surface area contributed by atoms with Gasteiger partial charge in [0.1, 0.15) is 0 Å². The maximum absolute atomic E-state index is 11.8. The molecule has 1 amide bonds. The van der Waals surface area contributed by atoms with E-state index in [1.807, 2.05) is 27.7 Å². The third kappa shape index (κ3) is 4.19. The Morgan fingerprint density at radius 1 is 1.59 bits per heavy atom. The first-order valence-corrected chi connectivity index (χ1v) is 5.84. The van der Waals surface area contributed by atoms with Crippen molar-refractivity contribution in [3.8, 4) is 0 Å². The van der Waals surface area contributed by atoms with Crippen molar-refractivity contribution in [1.82, 2.24) is 15.5 Å². The van der Waals surface area contributed by atoms with Gasteiger partial charge in [0.2, 0.25) is 5.91 Å². The minimum absolute atomic E-state index is 0.0267. The van der Waals surface area contributed by atoms with E-state index in [2.05, 4.69) is 15.5 Å². The second kappa shape index (κ2) is 5.31. The summed E-state index contributed by atoms with van der Waals surface area (Å²) in [5.41, 5.74) is 6.87. The van der Waals surface area contributed by atoms with Crippen LogP contribution in [-0.4, -0.2) is 22.1 Å². The average Bonchev–Trinajstić information content (AvgIpc) is 2.68. The maximum Gasteiger partial charge on any atom is 0.222 e. The highest BCUT2D eigenvalue weighted by Crippen LogP contribution is 2.20. The summed E-state index contributed by atoms with van der Waals surface area (Å²) in [6.07, 6.45) is 3.81. The molecule has 1 aromatic rings. The van der Waals surface area contributed by atoms with Crippen molar-refractivity contribution in [2.45, 2.75) is 46.2 Å². The van der Waals surface area contributed by atoms with E-state index in [-0.39, 0.29) is 23.4 Å². The second-order valence-electron chi connectivity index (χ2n) is 5.50. The standard InChI is InChI=1S/C12H22N4O/c1-8(9-6-14-15-7-9)16-11(17)5-10(13)12(2,3)4/h6-8,10H,5,13H2,1-4H3,(H,14,15)(H,16,17). The molecule has 1 aromatic heterocycles. The Balaban J connectivity index is 2.45. The first-order valence-electron chi connectivity index (χ1n) is 5.84. The molecule has 96 valence electrons. The van der Waals surface area contributed by atoms with Crippen molar-refractivity contribution >= 4 is 5.91 Å². The van der Waals surface area contributed by atoms with Gasteiger partial charge in [-0.25, -0.2) is 0 Å². The Morgan fingerprint density at radius 3 is 2.71 bits per heavy atom. The van der Waals surface area contributed by atoms with Gasteiger partial charge in [0, 0.05) is 24.2 Å².